The van der Waals surface area contributed by atoms with E-state index in [1.54, 1.807) is 0 Å². The van der Waals surface area contributed by atoms with Crippen LogP contribution in [-0.2, 0) is 27.7 Å². The van der Waals surface area contributed by atoms with Gasteiger partial charge in [0.15, 0.2) is 5.82 Å². The molecule has 2 N–H and O–H groups in total. The first-order chi connectivity index (χ1) is 13.3. The van der Waals surface area contributed by atoms with Crippen LogP contribution < -0.4 is 10.0 Å². The molecule has 0 aliphatic heterocycles. The second-order valence-corrected chi connectivity index (χ2v) is 8.52. The number of nitrogens with zero attached hydrogens (tertiary/aromatic N) is 2. The molecule has 0 bridgehead atoms. The minimum absolute atomic E-state index is 0.000477. The minimum atomic E-state index is -3.76. The molecule has 0 saturated heterocycles. The van der Waals surface area contributed by atoms with Crippen molar-refractivity contribution in [2.45, 2.75) is 44.4 Å². The fourth-order valence-corrected chi connectivity index (χ4v) is 3.42. The largest absolute Gasteiger partial charge is 0.356 e. The van der Waals surface area contributed by atoms with Gasteiger partial charge >= 0.3 is 0 Å². The Balaban J connectivity index is 1.63. The molecule has 1 aromatic carbocycles. The van der Waals surface area contributed by atoms with Crippen molar-refractivity contribution in [2.24, 2.45) is 5.92 Å². The molecule has 0 fully saturated rings. The monoisotopic (exact) mass is 412 g/mol. The number of hydrogen-bond donors (Lipinski definition) is 2. The van der Waals surface area contributed by atoms with Crippen molar-refractivity contribution in [2.75, 3.05) is 13.1 Å². The van der Waals surface area contributed by atoms with Gasteiger partial charge < -0.3 is 9.84 Å². The second kappa shape index (κ2) is 10.3. The molecule has 0 saturated carbocycles. The van der Waals surface area contributed by atoms with E-state index in [0.29, 0.717) is 37.0 Å². The van der Waals surface area contributed by atoms with Crippen molar-refractivity contribution < 1.29 is 22.1 Å². The van der Waals surface area contributed by atoms with E-state index in [4.69, 9.17) is 4.52 Å². The molecular weight excluding hydrogens is 387 g/mol. The first kappa shape index (κ1) is 22.0. The van der Waals surface area contributed by atoms with Crippen LogP contribution in [0.2, 0.25) is 0 Å². The van der Waals surface area contributed by atoms with Crippen LogP contribution in [0.4, 0.5) is 4.39 Å². The van der Waals surface area contributed by atoms with Gasteiger partial charge in [-0.1, -0.05) is 19.0 Å². The summed E-state index contributed by atoms with van der Waals surface area (Å²) >= 11 is 0. The van der Waals surface area contributed by atoms with Crippen molar-refractivity contribution in [3.63, 3.8) is 0 Å². The van der Waals surface area contributed by atoms with Crippen LogP contribution in [0.15, 0.2) is 33.7 Å². The number of carbonyl (C=O) groups is 1. The molecular formula is C18H25FN4O4S. The van der Waals surface area contributed by atoms with Gasteiger partial charge in [0.2, 0.25) is 21.8 Å². The molecule has 1 aromatic heterocycles. The Labute approximate surface area is 164 Å². The number of rotatable bonds is 11. The molecule has 0 radical (unpaired) electrons. The van der Waals surface area contributed by atoms with Crippen molar-refractivity contribution in [1.29, 1.82) is 0 Å². The molecule has 8 nitrogen and oxygen atoms in total. The minimum Gasteiger partial charge on any atom is -0.356 e. The lowest BCUT2D eigenvalue weighted by Gasteiger charge is -2.07. The number of hydrogen-bond acceptors (Lipinski definition) is 6. The number of carbonyl (C=O) groups excluding carboxylic acids is 1. The number of aryl methyl sites for hydroxylation is 1. The summed E-state index contributed by atoms with van der Waals surface area (Å²) in [6.45, 7) is 4.52. The maximum absolute atomic E-state index is 12.9. The summed E-state index contributed by atoms with van der Waals surface area (Å²) in [5.41, 5.74) is 0. The number of halogens is 1. The second-order valence-electron chi connectivity index (χ2n) is 6.76. The third-order valence-corrected chi connectivity index (χ3v) is 5.24. The molecule has 2 aromatic rings. The summed E-state index contributed by atoms with van der Waals surface area (Å²) in [6.07, 6.45) is 1.95. The first-order valence-corrected chi connectivity index (χ1v) is 10.6. The summed E-state index contributed by atoms with van der Waals surface area (Å²) in [6, 6.07) is 4.47. The predicted molar refractivity (Wildman–Crippen MR) is 100 cm³/mol. The van der Waals surface area contributed by atoms with Gasteiger partial charge in [-0.25, -0.2) is 17.5 Å². The van der Waals surface area contributed by atoms with Gasteiger partial charge in [0.05, 0.1) is 4.90 Å². The van der Waals surface area contributed by atoms with Crippen LogP contribution >= 0.6 is 0 Å². The highest BCUT2D eigenvalue weighted by molar-refractivity contribution is 7.89. The smallest absolute Gasteiger partial charge is 0.240 e. The van der Waals surface area contributed by atoms with Crippen LogP contribution in [0.5, 0.6) is 0 Å². The Hall–Kier alpha value is -2.33. The lowest BCUT2D eigenvalue weighted by molar-refractivity contribution is -0.120. The summed E-state index contributed by atoms with van der Waals surface area (Å²) < 4.78 is 44.4. The zero-order valence-electron chi connectivity index (χ0n) is 15.9. The average Bonchev–Trinajstić information content (AvgIpc) is 3.05. The van der Waals surface area contributed by atoms with E-state index >= 15 is 0 Å². The Morgan fingerprint density at radius 2 is 1.93 bits per heavy atom. The predicted octanol–water partition coefficient (Wildman–Crippen LogP) is 1.82. The fraction of sp³-hybridized carbons (Fsp3) is 0.500. The van der Waals surface area contributed by atoms with Gasteiger partial charge in [-0.05, 0) is 36.6 Å². The van der Waals surface area contributed by atoms with Crippen molar-refractivity contribution in [3.8, 4) is 0 Å². The van der Waals surface area contributed by atoms with Crippen LogP contribution in [0.1, 0.15) is 38.4 Å². The Morgan fingerprint density at radius 3 is 2.61 bits per heavy atom. The van der Waals surface area contributed by atoms with Crippen LogP contribution in [0.25, 0.3) is 0 Å². The van der Waals surface area contributed by atoms with Crippen molar-refractivity contribution in [3.05, 3.63) is 41.8 Å². The third-order valence-electron chi connectivity index (χ3n) is 3.76. The molecule has 154 valence electrons. The van der Waals surface area contributed by atoms with Crippen LogP contribution in [0.3, 0.4) is 0 Å². The summed E-state index contributed by atoms with van der Waals surface area (Å²) in [5, 5.41) is 6.62. The van der Waals surface area contributed by atoms with Gasteiger partial charge in [-0.3, -0.25) is 4.79 Å². The lowest BCUT2D eigenvalue weighted by atomic mass is 10.1. The van der Waals surface area contributed by atoms with Crippen molar-refractivity contribution >= 4 is 15.9 Å². The van der Waals surface area contributed by atoms with E-state index in [-0.39, 0.29) is 23.8 Å². The third kappa shape index (κ3) is 7.35. The highest BCUT2D eigenvalue weighted by atomic mass is 32.2. The number of sulfonamides is 1. The molecule has 0 aliphatic rings. The maximum Gasteiger partial charge on any atom is 0.240 e. The van der Waals surface area contributed by atoms with E-state index in [9.17, 15) is 17.6 Å². The highest BCUT2D eigenvalue weighted by Crippen LogP contribution is 2.09. The lowest BCUT2D eigenvalue weighted by Crippen LogP contribution is -2.31. The summed E-state index contributed by atoms with van der Waals surface area (Å²) in [7, 11) is -3.76. The molecule has 1 amide bonds. The summed E-state index contributed by atoms with van der Waals surface area (Å²) in [5.74, 6) is 0.882. The Morgan fingerprint density at radius 1 is 1.21 bits per heavy atom. The van der Waals surface area contributed by atoms with E-state index in [0.717, 1.165) is 18.6 Å². The first-order valence-electron chi connectivity index (χ1n) is 9.09. The molecule has 28 heavy (non-hydrogen) atoms. The van der Waals surface area contributed by atoms with Crippen molar-refractivity contribution in [1.82, 2.24) is 20.2 Å². The quantitative estimate of drug-likeness (QED) is 0.544. The molecule has 0 aliphatic carbocycles. The maximum atomic E-state index is 12.9. The zero-order chi connectivity index (χ0) is 20.6. The van der Waals surface area contributed by atoms with Gasteiger partial charge in [-0.2, -0.15) is 4.98 Å². The molecule has 2 rings (SSSR count). The van der Waals surface area contributed by atoms with E-state index < -0.39 is 15.8 Å². The summed E-state index contributed by atoms with van der Waals surface area (Å²) in [4.78, 5) is 16.0. The standard InChI is InChI=1S/C18H25FN4O4S/c1-13(2)12-16-22-18(27-23-16)4-3-10-20-17(24)9-11-21-28(25,26)15-7-5-14(19)6-8-15/h5-8,13,21H,3-4,9-12H2,1-2H3,(H,20,24). The van der Waals surface area contributed by atoms with Crippen LogP contribution in [-0.4, -0.2) is 37.6 Å². The molecule has 1 heterocycles. The SMILES string of the molecule is CC(C)Cc1noc(CCCNC(=O)CCNS(=O)(=O)c2ccc(F)cc2)n1. The van der Waals surface area contributed by atoms with E-state index in [1.165, 1.54) is 12.1 Å². The fourth-order valence-electron chi connectivity index (χ4n) is 2.39. The zero-order valence-corrected chi connectivity index (χ0v) is 16.8. The number of benzene rings is 1. The topological polar surface area (TPSA) is 114 Å². The normalized spacial score (nSPS) is 11.7. The average molecular weight is 412 g/mol. The van der Waals surface area contributed by atoms with E-state index in [2.05, 4.69) is 34.0 Å². The Kier molecular flexibility index (Phi) is 8.06. The van der Waals surface area contributed by atoms with Crippen LogP contribution in [0, 0.1) is 11.7 Å². The van der Waals surface area contributed by atoms with Gasteiger partial charge in [0.25, 0.3) is 0 Å². The number of amides is 1. The molecule has 0 spiro atoms. The van der Waals surface area contributed by atoms with Gasteiger partial charge in [-0.15, -0.1) is 0 Å². The molecule has 0 atom stereocenters. The molecule has 0 unspecified atom stereocenters. The van der Waals surface area contributed by atoms with Gasteiger partial charge in [0, 0.05) is 32.4 Å². The number of aromatic nitrogens is 2. The van der Waals surface area contributed by atoms with E-state index in [1.807, 2.05) is 0 Å². The number of nitrogens with one attached hydrogen (secondary N) is 2. The highest BCUT2D eigenvalue weighted by Gasteiger charge is 2.14. The Bertz CT molecular complexity index is 866. The molecule has 10 heteroatoms. The van der Waals surface area contributed by atoms with Gasteiger partial charge in [0.1, 0.15) is 5.82 Å².